The van der Waals surface area contributed by atoms with Crippen molar-refractivity contribution in [2.24, 2.45) is 5.92 Å². The Morgan fingerprint density at radius 1 is 1.26 bits per heavy atom. The van der Waals surface area contributed by atoms with Gasteiger partial charge in [-0.2, -0.15) is 0 Å². The van der Waals surface area contributed by atoms with Gasteiger partial charge in [0.2, 0.25) is 0 Å². The number of hydrogen-bond acceptors (Lipinski definition) is 1. The van der Waals surface area contributed by atoms with Crippen LogP contribution in [0.4, 0.5) is 19.3 Å². The van der Waals surface area contributed by atoms with E-state index in [1.54, 1.807) is 4.90 Å². The number of rotatable bonds is 2. The Morgan fingerprint density at radius 2 is 2.04 bits per heavy atom. The molecule has 1 N–H and O–H groups in total. The fourth-order valence-corrected chi connectivity index (χ4v) is 3.12. The van der Waals surface area contributed by atoms with Crippen molar-refractivity contribution in [1.29, 1.82) is 0 Å². The lowest BCUT2D eigenvalue weighted by molar-refractivity contribution is 0.143. The number of carbonyl (C=O) groups is 1. The molecule has 1 aromatic carbocycles. The summed E-state index contributed by atoms with van der Waals surface area (Å²) in [6.07, 6.45) is 2.00. The highest BCUT2D eigenvalue weighted by Crippen LogP contribution is 2.32. The molecule has 23 heavy (non-hydrogen) atoms. The maximum Gasteiger partial charge on any atom is 0.322 e. The normalized spacial score (nSPS) is 17.3. The van der Waals surface area contributed by atoms with Gasteiger partial charge in [0.25, 0.3) is 0 Å². The smallest absolute Gasteiger partial charge is 0.322 e. The van der Waals surface area contributed by atoms with Crippen molar-refractivity contribution < 1.29 is 13.6 Å². The predicted molar refractivity (Wildman–Crippen MR) is 84.1 cm³/mol. The van der Waals surface area contributed by atoms with Crippen molar-refractivity contribution in [3.05, 3.63) is 53.9 Å². The molecule has 0 radical (unpaired) electrons. The van der Waals surface area contributed by atoms with E-state index in [0.717, 1.165) is 17.8 Å². The number of carbonyl (C=O) groups excluding carboxylic acids is 1. The van der Waals surface area contributed by atoms with Crippen molar-refractivity contribution >= 4 is 11.7 Å². The molecule has 2 heterocycles. The molecule has 1 aromatic heterocycles. The summed E-state index contributed by atoms with van der Waals surface area (Å²) in [6, 6.07) is 6.63. The number of aromatic nitrogens is 1. The van der Waals surface area contributed by atoms with Crippen molar-refractivity contribution in [3.8, 4) is 0 Å². The van der Waals surface area contributed by atoms with Crippen LogP contribution >= 0.6 is 0 Å². The van der Waals surface area contributed by atoms with Crippen LogP contribution in [-0.2, 0) is 6.54 Å². The number of benzene rings is 1. The third-order valence-electron chi connectivity index (χ3n) is 4.15. The zero-order valence-electron chi connectivity index (χ0n) is 13.1. The second-order valence-electron chi connectivity index (χ2n) is 6.06. The van der Waals surface area contributed by atoms with Gasteiger partial charge in [0.1, 0.15) is 11.6 Å². The zero-order valence-corrected chi connectivity index (χ0v) is 13.1. The first-order valence-electron chi connectivity index (χ1n) is 7.65. The van der Waals surface area contributed by atoms with Crippen LogP contribution in [0.25, 0.3) is 0 Å². The van der Waals surface area contributed by atoms with Gasteiger partial charge >= 0.3 is 6.03 Å². The predicted octanol–water partition coefficient (Wildman–Crippen LogP) is 4.01. The molecule has 0 bridgehead atoms. The molecule has 0 saturated carbocycles. The van der Waals surface area contributed by atoms with E-state index in [2.05, 4.69) is 9.88 Å². The highest BCUT2D eigenvalue weighted by molar-refractivity contribution is 5.89. The SMILES string of the molecule is CC(C)[C@H]1c2cccn2CCN1C(=O)Nc1ccc(F)cc1F. The number of nitrogens with one attached hydrogen (secondary N) is 1. The van der Waals surface area contributed by atoms with Crippen molar-refractivity contribution in [2.75, 3.05) is 11.9 Å². The molecule has 6 heteroatoms. The molecule has 1 atom stereocenters. The highest BCUT2D eigenvalue weighted by atomic mass is 19.1. The third-order valence-corrected chi connectivity index (χ3v) is 4.15. The maximum atomic E-state index is 13.7. The number of amides is 2. The van der Waals surface area contributed by atoms with Crippen molar-refractivity contribution in [3.63, 3.8) is 0 Å². The largest absolute Gasteiger partial charge is 0.348 e. The molecule has 4 nitrogen and oxygen atoms in total. The van der Waals surface area contributed by atoms with Crippen LogP contribution in [0.1, 0.15) is 25.6 Å². The number of nitrogens with zero attached hydrogens (tertiary/aromatic N) is 2. The molecule has 0 spiro atoms. The Bertz CT molecular complexity index is 726. The first kappa shape index (κ1) is 15.5. The van der Waals surface area contributed by atoms with E-state index >= 15 is 0 Å². The van der Waals surface area contributed by atoms with Gasteiger partial charge in [-0.1, -0.05) is 13.8 Å². The lowest BCUT2D eigenvalue weighted by Gasteiger charge is -2.39. The van der Waals surface area contributed by atoms with E-state index in [1.165, 1.54) is 6.07 Å². The first-order chi connectivity index (χ1) is 11.0. The Balaban J connectivity index is 1.84. The van der Waals surface area contributed by atoms with Crippen LogP contribution in [-0.4, -0.2) is 22.0 Å². The molecule has 122 valence electrons. The monoisotopic (exact) mass is 319 g/mol. The molecule has 2 amide bonds. The summed E-state index contributed by atoms with van der Waals surface area (Å²) in [5, 5.41) is 2.55. The minimum absolute atomic E-state index is 0.0140. The number of hydrogen-bond donors (Lipinski definition) is 1. The number of halogens is 2. The molecule has 0 saturated heterocycles. The molecule has 3 rings (SSSR count). The van der Waals surface area contributed by atoms with Gasteiger partial charge in [-0.3, -0.25) is 0 Å². The van der Waals surface area contributed by atoms with E-state index in [0.29, 0.717) is 13.1 Å². The van der Waals surface area contributed by atoms with Crippen LogP contribution in [0.3, 0.4) is 0 Å². The number of anilines is 1. The van der Waals surface area contributed by atoms with Crippen LogP contribution in [0.5, 0.6) is 0 Å². The van der Waals surface area contributed by atoms with E-state index in [4.69, 9.17) is 0 Å². The summed E-state index contributed by atoms with van der Waals surface area (Å²) >= 11 is 0. The maximum absolute atomic E-state index is 13.7. The average molecular weight is 319 g/mol. The summed E-state index contributed by atoms with van der Waals surface area (Å²) in [4.78, 5) is 14.3. The van der Waals surface area contributed by atoms with Gasteiger partial charge in [-0.15, -0.1) is 0 Å². The van der Waals surface area contributed by atoms with Gasteiger partial charge in [0.15, 0.2) is 0 Å². The summed E-state index contributed by atoms with van der Waals surface area (Å²) < 4.78 is 28.8. The summed E-state index contributed by atoms with van der Waals surface area (Å²) in [5.74, 6) is -1.23. The molecule has 1 aliphatic rings. The second-order valence-corrected chi connectivity index (χ2v) is 6.06. The van der Waals surface area contributed by atoms with Gasteiger partial charge < -0.3 is 14.8 Å². The summed E-state index contributed by atoms with van der Waals surface area (Å²) in [5.41, 5.74) is 1.06. The van der Waals surface area contributed by atoms with Crippen LogP contribution in [0, 0.1) is 17.6 Å². The summed E-state index contributed by atoms with van der Waals surface area (Å²) in [7, 11) is 0. The van der Waals surface area contributed by atoms with Gasteiger partial charge in [-0.05, 0) is 30.2 Å². The lowest BCUT2D eigenvalue weighted by Crippen LogP contribution is -2.45. The Kier molecular flexibility index (Phi) is 4.07. The third kappa shape index (κ3) is 2.93. The fraction of sp³-hybridized carbons (Fsp3) is 0.353. The Hall–Kier alpha value is -2.37. The first-order valence-corrected chi connectivity index (χ1v) is 7.65. The van der Waals surface area contributed by atoms with Crippen molar-refractivity contribution in [1.82, 2.24) is 9.47 Å². The van der Waals surface area contributed by atoms with E-state index in [1.807, 2.05) is 32.2 Å². The zero-order chi connectivity index (χ0) is 16.6. The quantitative estimate of drug-likeness (QED) is 0.892. The van der Waals surface area contributed by atoms with Crippen LogP contribution in [0.2, 0.25) is 0 Å². The molecule has 2 aromatic rings. The topological polar surface area (TPSA) is 37.3 Å². The number of fused-ring (bicyclic) bond motifs is 1. The molecule has 0 fully saturated rings. The Morgan fingerprint density at radius 3 is 2.74 bits per heavy atom. The number of urea groups is 1. The highest BCUT2D eigenvalue weighted by Gasteiger charge is 2.33. The minimum Gasteiger partial charge on any atom is -0.348 e. The molecule has 0 unspecified atom stereocenters. The molecule has 0 aliphatic carbocycles. The second kappa shape index (κ2) is 6.02. The average Bonchev–Trinajstić information content (AvgIpc) is 2.97. The van der Waals surface area contributed by atoms with Crippen LogP contribution in [0.15, 0.2) is 36.5 Å². The van der Waals surface area contributed by atoms with E-state index in [9.17, 15) is 13.6 Å². The summed E-state index contributed by atoms with van der Waals surface area (Å²) in [6.45, 7) is 5.34. The van der Waals surface area contributed by atoms with E-state index < -0.39 is 11.6 Å². The van der Waals surface area contributed by atoms with Crippen LogP contribution < -0.4 is 5.32 Å². The van der Waals surface area contributed by atoms with Gasteiger partial charge in [0, 0.05) is 31.0 Å². The lowest BCUT2D eigenvalue weighted by atomic mass is 9.97. The molecular weight excluding hydrogens is 300 g/mol. The minimum atomic E-state index is -0.778. The standard InChI is InChI=1S/C17H19F2N3O/c1-11(2)16-15-4-3-7-21(15)8-9-22(16)17(23)20-14-6-5-12(18)10-13(14)19/h3-7,10-11,16H,8-9H2,1-2H3,(H,20,23)/t16-/m0/s1. The van der Waals surface area contributed by atoms with Gasteiger partial charge in [0.05, 0.1) is 11.7 Å². The molecular formula is C17H19F2N3O. The molecule has 1 aliphatic heterocycles. The fourth-order valence-electron chi connectivity index (χ4n) is 3.12. The van der Waals surface area contributed by atoms with Crippen molar-refractivity contribution in [2.45, 2.75) is 26.4 Å². The Labute approximate surface area is 133 Å². The van der Waals surface area contributed by atoms with E-state index in [-0.39, 0.29) is 23.7 Å². The van der Waals surface area contributed by atoms with Gasteiger partial charge in [-0.25, -0.2) is 13.6 Å².